The Bertz CT molecular complexity index is 1190. The lowest BCUT2D eigenvalue weighted by Gasteiger charge is -2.11. The molecule has 2 N–H and O–H groups in total. The fourth-order valence-corrected chi connectivity index (χ4v) is 3.01. The second-order valence-corrected chi connectivity index (χ2v) is 6.34. The molecule has 0 fully saturated rings. The molecule has 0 unspecified atom stereocenters. The molecular weight excluding hydrogens is 370 g/mol. The molecular formula is C18H16F2N6O2. The minimum Gasteiger partial charge on any atom is -0.383 e. The van der Waals surface area contributed by atoms with E-state index >= 15 is 0 Å². The van der Waals surface area contributed by atoms with Crippen LogP contribution in [0.15, 0.2) is 31.0 Å². The van der Waals surface area contributed by atoms with Gasteiger partial charge in [0.1, 0.15) is 34.6 Å². The number of imidazole rings is 1. The molecule has 8 nitrogen and oxygen atoms in total. The first-order chi connectivity index (χ1) is 13.5. The number of methoxy groups -OCH3 is 1. The van der Waals surface area contributed by atoms with Gasteiger partial charge in [0.25, 0.3) is 5.91 Å². The maximum absolute atomic E-state index is 14.3. The number of nitrogens with one attached hydrogen (secondary N) is 2. The number of hydrogen-bond donors (Lipinski definition) is 2. The van der Waals surface area contributed by atoms with Crippen LogP contribution in [-0.2, 0) is 4.74 Å². The zero-order valence-corrected chi connectivity index (χ0v) is 15.0. The predicted molar refractivity (Wildman–Crippen MR) is 96.8 cm³/mol. The van der Waals surface area contributed by atoms with Gasteiger partial charge in [0.15, 0.2) is 11.5 Å². The minimum atomic E-state index is -0.769. The Balaban J connectivity index is 1.77. The van der Waals surface area contributed by atoms with Crippen molar-refractivity contribution in [3.63, 3.8) is 0 Å². The summed E-state index contributed by atoms with van der Waals surface area (Å²) in [6.07, 6.45) is 5.33. The largest absolute Gasteiger partial charge is 0.383 e. The van der Waals surface area contributed by atoms with E-state index < -0.39 is 11.6 Å². The molecule has 28 heavy (non-hydrogen) atoms. The van der Waals surface area contributed by atoms with E-state index in [1.807, 2.05) is 6.92 Å². The third-order valence-corrected chi connectivity index (χ3v) is 4.21. The quantitative estimate of drug-likeness (QED) is 0.549. The number of carbonyl (C=O) groups is 1. The van der Waals surface area contributed by atoms with E-state index in [9.17, 15) is 13.6 Å². The molecule has 1 atom stereocenters. The SMILES string of the molecule is COC[C@H](C)NC(=O)c1c[nH]c2ncc(-c3ncn4cc(F)cc(F)c34)nc12. The summed E-state index contributed by atoms with van der Waals surface area (Å²) >= 11 is 0. The van der Waals surface area contributed by atoms with Gasteiger partial charge >= 0.3 is 0 Å². The van der Waals surface area contributed by atoms with Gasteiger partial charge in [-0.05, 0) is 6.92 Å². The number of pyridine rings is 1. The number of ether oxygens (including phenoxy) is 1. The minimum absolute atomic E-state index is 0.0744. The van der Waals surface area contributed by atoms with Gasteiger partial charge in [0.2, 0.25) is 0 Å². The molecule has 0 radical (unpaired) electrons. The number of H-pyrrole nitrogens is 1. The van der Waals surface area contributed by atoms with Gasteiger partial charge in [0.05, 0.1) is 18.4 Å². The normalized spacial score (nSPS) is 12.6. The van der Waals surface area contributed by atoms with Crippen LogP contribution in [0.1, 0.15) is 17.3 Å². The van der Waals surface area contributed by atoms with Crippen LogP contribution in [0.4, 0.5) is 8.78 Å². The van der Waals surface area contributed by atoms with E-state index in [0.29, 0.717) is 23.3 Å². The summed E-state index contributed by atoms with van der Waals surface area (Å²) in [6.45, 7) is 2.17. The maximum Gasteiger partial charge on any atom is 0.255 e. The Morgan fingerprint density at radius 3 is 3.00 bits per heavy atom. The highest BCUT2D eigenvalue weighted by molar-refractivity contribution is 6.04. The smallest absolute Gasteiger partial charge is 0.255 e. The average Bonchev–Trinajstić information content (AvgIpc) is 3.25. The highest BCUT2D eigenvalue weighted by Gasteiger charge is 2.19. The lowest BCUT2D eigenvalue weighted by atomic mass is 10.2. The Labute approximate surface area is 157 Å². The van der Waals surface area contributed by atoms with E-state index in [2.05, 4.69) is 25.3 Å². The number of rotatable bonds is 5. The Hall–Kier alpha value is -3.40. The summed E-state index contributed by atoms with van der Waals surface area (Å²) in [6, 6.07) is 0.582. The van der Waals surface area contributed by atoms with Crippen LogP contribution >= 0.6 is 0 Å². The number of carbonyl (C=O) groups excluding carboxylic acids is 1. The topological polar surface area (TPSA) is 97.2 Å². The van der Waals surface area contributed by atoms with Gasteiger partial charge in [0, 0.05) is 31.6 Å². The molecule has 0 aliphatic carbocycles. The van der Waals surface area contributed by atoms with Gasteiger partial charge < -0.3 is 19.4 Å². The van der Waals surface area contributed by atoms with Crippen molar-refractivity contribution in [2.45, 2.75) is 13.0 Å². The fraction of sp³-hybridized carbons (Fsp3) is 0.222. The Morgan fingerprint density at radius 2 is 2.21 bits per heavy atom. The molecule has 10 heteroatoms. The number of nitrogens with zero attached hydrogens (tertiary/aromatic N) is 4. The molecule has 4 aromatic rings. The van der Waals surface area contributed by atoms with Crippen molar-refractivity contribution < 1.29 is 18.3 Å². The van der Waals surface area contributed by atoms with Crippen LogP contribution in [-0.4, -0.2) is 50.0 Å². The zero-order chi connectivity index (χ0) is 19.8. The number of halogens is 2. The molecule has 0 aliphatic heterocycles. The van der Waals surface area contributed by atoms with Gasteiger partial charge in [-0.25, -0.2) is 23.7 Å². The molecule has 4 rings (SSSR count). The second-order valence-electron chi connectivity index (χ2n) is 6.34. The monoisotopic (exact) mass is 386 g/mol. The number of fused-ring (bicyclic) bond motifs is 2. The Kier molecular flexibility index (Phi) is 4.47. The standard InChI is InChI=1S/C18H16F2N6O2/c1-9(7-28-2)24-18(27)11-4-21-17-14(11)25-13(5-22-17)15-16-12(20)3-10(19)6-26(16)8-23-15/h3-6,8-9H,7H2,1-2H3,(H,21,22)(H,24,27)/t9-/m0/s1. The molecule has 1 amide bonds. The first-order valence-electron chi connectivity index (χ1n) is 8.44. The molecule has 4 heterocycles. The van der Waals surface area contributed by atoms with E-state index in [-0.39, 0.29) is 28.9 Å². The number of aromatic amines is 1. The Morgan fingerprint density at radius 1 is 1.39 bits per heavy atom. The summed E-state index contributed by atoms with van der Waals surface area (Å²) in [5.74, 6) is -1.83. The zero-order valence-electron chi connectivity index (χ0n) is 15.0. The average molecular weight is 386 g/mol. The van der Waals surface area contributed by atoms with Crippen LogP contribution in [0.5, 0.6) is 0 Å². The molecule has 0 aromatic carbocycles. The van der Waals surface area contributed by atoms with Crippen molar-refractivity contribution >= 4 is 22.6 Å². The third-order valence-electron chi connectivity index (χ3n) is 4.21. The van der Waals surface area contributed by atoms with Gasteiger partial charge in [-0.3, -0.25) is 4.79 Å². The second kappa shape index (κ2) is 6.97. The highest BCUT2D eigenvalue weighted by Crippen LogP contribution is 2.26. The van der Waals surface area contributed by atoms with E-state index in [1.165, 1.54) is 23.1 Å². The van der Waals surface area contributed by atoms with Crippen LogP contribution in [0.25, 0.3) is 28.1 Å². The highest BCUT2D eigenvalue weighted by atomic mass is 19.1. The van der Waals surface area contributed by atoms with E-state index in [0.717, 1.165) is 12.3 Å². The van der Waals surface area contributed by atoms with Crippen LogP contribution < -0.4 is 5.32 Å². The summed E-state index contributed by atoms with van der Waals surface area (Å²) in [5, 5.41) is 2.80. The van der Waals surface area contributed by atoms with Crippen molar-refractivity contribution in [2.24, 2.45) is 0 Å². The molecule has 0 aliphatic rings. The van der Waals surface area contributed by atoms with Gasteiger partial charge in [-0.2, -0.15) is 0 Å². The summed E-state index contributed by atoms with van der Waals surface area (Å²) in [4.78, 5) is 28.2. The van der Waals surface area contributed by atoms with Crippen molar-refractivity contribution in [1.29, 1.82) is 0 Å². The molecule has 0 bridgehead atoms. The number of aromatic nitrogens is 5. The first kappa shape index (κ1) is 18.0. The van der Waals surface area contributed by atoms with E-state index in [4.69, 9.17) is 4.74 Å². The lowest BCUT2D eigenvalue weighted by Crippen LogP contribution is -2.35. The third kappa shape index (κ3) is 3.07. The maximum atomic E-state index is 14.3. The van der Waals surface area contributed by atoms with Crippen molar-refractivity contribution in [3.05, 3.63) is 48.2 Å². The molecule has 0 saturated heterocycles. The summed E-state index contributed by atoms with van der Waals surface area (Å²) in [5.41, 5.74) is 1.56. The van der Waals surface area contributed by atoms with E-state index in [1.54, 1.807) is 7.11 Å². The van der Waals surface area contributed by atoms with Crippen molar-refractivity contribution in [1.82, 2.24) is 29.7 Å². The number of hydrogen-bond acceptors (Lipinski definition) is 5. The first-order valence-corrected chi connectivity index (χ1v) is 8.44. The fourth-order valence-electron chi connectivity index (χ4n) is 3.01. The molecule has 0 saturated carbocycles. The number of amides is 1. The molecule has 144 valence electrons. The van der Waals surface area contributed by atoms with Gasteiger partial charge in [-0.15, -0.1) is 0 Å². The molecule has 0 spiro atoms. The summed E-state index contributed by atoms with van der Waals surface area (Å²) < 4.78 is 33.9. The van der Waals surface area contributed by atoms with Crippen molar-refractivity contribution in [3.8, 4) is 11.4 Å². The van der Waals surface area contributed by atoms with Crippen LogP contribution in [0.2, 0.25) is 0 Å². The van der Waals surface area contributed by atoms with Gasteiger partial charge in [-0.1, -0.05) is 0 Å². The predicted octanol–water partition coefficient (Wildman–Crippen LogP) is 2.32. The lowest BCUT2D eigenvalue weighted by molar-refractivity contribution is 0.0907. The van der Waals surface area contributed by atoms with Crippen LogP contribution in [0, 0.1) is 11.6 Å². The summed E-state index contributed by atoms with van der Waals surface area (Å²) in [7, 11) is 1.55. The van der Waals surface area contributed by atoms with Crippen molar-refractivity contribution in [2.75, 3.05) is 13.7 Å². The van der Waals surface area contributed by atoms with Crippen LogP contribution in [0.3, 0.4) is 0 Å². The molecule has 4 aromatic heterocycles.